The normalized spacial score (nSPS) is 14.9. The van der Waals surface area contributed by atoms with E-state index in [0.717, 1.165) is 28.6 Å². The zero-order valence-corrected chi connectivity index (χ0v) is 18.5. The second kappa shape index (κ2) is 8.37. The van der Waals surface area contributed by atoms with Crippen molar-refractivity contribution in [1.29, 1.82) is 0 Å². The third kappa shape index (κ3) is 3.98. The fraction of sp³-hybridized carbons (Fsp3) is 0.115. The molecule has 1 atom stereocenters. The highest BCUT2D eigenvalue weighted by Gasteiger charge is 2.33. The van der Waals surface area contributed by atoms with Crippen LogP contribution in [-0.2, 0) is 6.54 Å². The van der Waals surface area contributed by atoms with Crippen LogP contribution in [0.2, 0.25) is 5.02 Å². The molecule has 7 heteroatoms. The van der Waals surface area contributed by atoms with Crippen molar-refractivity contribution in [1.82, 2.24) is 9.47 Å². The average Bonchev–Trinajstić information content (AvgIpc) is 3.19. The van der Waals surface area contributed by atoms with E-state index in [1.54, 1.807) is 17.0 Å². The third-order valence-corrected chi connectivity index (χ3v) is 6.10. The Hall–Kier alpha value is -3.64. The number of aryl methyl sites for hydroxylation is 1. The minimum Gasteiger partial charge on any atom is -0.318 e. The highest BCUT2D eigenvalue weighted by atomic mass is 35.5. The Bertz CT molecular complexity index is 1350. The molecule has 1 aromatic heterocycles. The minimum absolute atomic E-state index is 0.232. The molecule has 1 N–H and O–H groups in total. The maximum absolute atomic E-state index is 14.2. The SMILES string of the molecule is Cc1ccc(NC(=O)N2Cc3ccccc3-n3cccc3C2c2cc(F)cc(F)c2)c(Cl)c1. The summed E-state index contributed by atoms with van der Waals surface area (Å²) in [5.74, 6) is -1.40. The lowest BCUT2D eigenvalue weighted by atomic mass is 10.0. The fourth-order valence-corrected chi connectivity index (χ4v) is 4.61. The molecule has 166 valence electrons. The van der Waals surface area contributed by atoms with E-state index in [1.807, 2.05) is 60.2 Å². The Balaban J connectivity index is 1.65. The smallest absolute Gasteiger partial charge is 0.318 e. The van der Waals surface area contributed by atoms with Gasteiger partial charge >= 0.3 is 6.03 Å². The van der Waals surface area contributed by atoms with Crippen LogP contribution in [0, 0.1) is 18.6 Å². The zero-order valence-electron chi connectivity index (χ0n) is 17.7. The number of hydrogen-bond acceptors (Lipinski definition) is 1. The molecule has 1 aliphatic heterocycles. The van der Waals surface area contributed by atoms with E-state index in [1.165, 1.54) is 12.1 Å². The maximum Gasteiger partial charge on any atom is 0.323 e. The fourth-order valence-electron chi connectivity index (χ4n) is 4.33. The largest absolute Gasteiger partial charge is 0.323 e. The first-order chi connectivity index (χ1) is 15.9. The number of halogens is 3. The number of nitrogens with zero attached hydrogens (tertiary/aromatic N) is 2. The quantitative estimate of drug-likeness (QED) is 0.346. The summed E-state index contributed by atoms with van der Waals surface area (Å²) >= 11 is 6.35. The van der Waals surface area contributed by atoms with Crippen molar-refractivity contribution in [2.24, 2.45) is 0 Å². The number of fused-ring (bicyclic) bond motifs is 3. The Morgan fingerprint density at radius 2 is 1.76 bits per heavy atom. The number of carbonyl (C=O) groups is 1. The van der Waals surface area contributed by atoms with Gasteiger partial charge in [0.25, 0.3) is 0 Å². The van der Waals surface area contributed by atoms with Crippen LogP contribution in [0.3, 0.4) is 0 Å². The summed E-state index contributed by atoms with van der Waals surface area (Å²) in [5.41, 5.74) is 4.29. The first-order valence-corrected chi connectivity index (χ1v) is 10.8. The number of carbonyl (C=O) groups excluding carboxylic acids is 1. The number of anilines is 1. The molecule has 0 saturated heterocycles. The first-order valence-electron chi connectivity index (χ1n) is 10.5. The predicted octanol–water partition coefficient (Wildman–Crippen LogP) is 6.85. The molecule has 0 saturated carbocycles. The molecule has 4 nitrogen and oxygen atoms in total. The van der Waals surface area contributed by atoms with Crippen LogP contribution in [0.15, 0.2) is 79.0 Å². The van der Waals surface area contributed by atoms with Crippen molar-refractivity contribution in [2.75, 3.05) is 5.32 Å². The predicted molar refractivity (Wildman–Crippen MR) is 125 cm³/mol. The molecule has 1 unspecified atom stereocenters. The van der Waals surface area contributed by atoms with Gasteiger partial charge < -0.3 is 14.8 Å². The van der Waals surface area contributed by atoms with Gasteiger partial charge in [0.05, 0.1) is 29.0 Å². The summed E-state index contributed by atoms with van der Waals surface area (Å²) < 4.78 is 30.4. The van der Waals surface area contributed by atoms with E-state index in [9.17, 15) is 13.6 Å². The van der Waals surface area contributed by atoms with Gasteiger partial charge in [-0.3, -0.25) is 0 Å². The lowest BCUT2D eigenvalue weighted by Crippen LogP contribution is -2.38. The Morgan fingerprint density at radius 1 is 1.00 bits per heavy atom. The summed E-state index contributed by atoms with van der Waals surface area (Å²) in [5, 5.41) is 3.29. The van der Waals surface area contributed by atoms with Crippen LogP contribution in [0.5, 0.6) is 0 Å². The van der Waals surface area contributed by atoms with Crippen LogP contribution in [0.25, 0.3) is 5.69 Å². The van der Waals surface area contributed by atoms with Crippen molar-refractivity contribution >= 4 is 23.3 Å². The molecule has 33 heavy (non-hydrogen) atoms. The van der Waals surface area contributed by atoms with Crippen LogP contribution >= 0.6 is 11.6 Å². The van der Waals surface area contributed by atoms with E-state index in [2.05, 4.69) is 5.32 Å². The number of rotatable bonds is 2. The number of para-hydroxylation sites is 1. The standard InChI is InChI=1S/C26H20ClF2N3O/c1-16-8-9-22(21(27)11-16)30-26(33)32-15-17-5-2-3-6-23(17)31-10-4-7-24(31)25(32)18-12-19(28)14-20(29)13-18/h2-14,25H,15H2,1H3,(H,30,33). The molecule has 0 fully saturated rings. The summed E-state index contributed by atoms with van der Waals surface area (Å²) in [7, 11) is 0. The third-order valence-electron chi connectivity index (χ3n) is 5.79. The van der Waals surface area contributed by atoms with E-state index in [0.29, 0.717) is 16.3 Å². The van der Waals surface area contributed by atoms with Gasteiger partial charge in [-0.05, 0) is 66.1 Å². The number of hydrogen-bond donors (Lipinski definition) is 1. The van der Waals surface area contributed by atoms with Crippen molar-refractivity contribution in [3.8, 4) is 5.69 Å². The number of benzene rings is 3. The second-order valence-electron chi connectivity index (χ2n) is 8.08. The lowest BCUT2D eigenvalue weighted by Gasteiger charge is -2.31. The number of urea groups is 1. The van der Waals surface area contributed by atoms with Gasteiger partial charge in [-0.1, -0.05) is 35.9 Å². The van der Waals surface area contributed by atoms with E-state index in [-0.39, 0.29) is 6.54 Å². The van der Waals surface area contributed by atoms with Gasteiger partial charge in [-0.2, -0.15) is 0 Å². The molecule has 0 bridgehead atoms. The minimum atomic E-state index is -0.734. The second-order valence-corrected chi connectivity index (χ2v) is 8.49. The van der Waals surface area contributed by atoms with Crippen molar-refractivity contribution in [2.45, 2.75) is 19.5 Å². The highest BCUT2D eigenvalue weighted by molar-refractivity contribution is 6.33. The first kappa shape index (κ1) is 21.2. The Kier molecular flexibility index (Phi) is 5.38. The number of aromatic nitrogens is 1. The van der Waals surface area contributed by atoms with E-state index in [4.69, 9.17) is 11.6 Å². The number of amides is 2. The summed E-state index contributed by atoms with van der Waals surface area (Å²) in [6.07, 6.45) is 1.88. The van der Waals surface area contributed by atoms with Gasteiger partial charge in [-0.15, -0.1) is 0 Å². The van der Waals surface area contributed by atoms with Crippen LogP contribution in [0.1, 0.15) is 28.4 Å². The van der Waals surface area contributed by atoms with Gasteiger partial charge in [-0.25, -0.2) is 13.6 Å². The molecule has 2 amide bonds. The monoisotopic (exact) mass is 463 g/mol. The molecule has 5 rings (SSSR count). The summed E-state index contributed by atoms with van der Waals surface area (Å²) in [6, 6.07) is 19.0. The highest BCUT2D eigenvalue weighted by Crippen LogP contribution is 2.37. The van der Waals surface area contributed by atoms with Gasteiger partial charge in [0, 0.05) is 18.0 Å². The molecule has 1 aliphatic rings. The van der Waals surface area contributed by atoms with Crippen molar-refractivity contribution in [3.63, 3.8) is 0 Å². The number of nitrogens with one attached hydrogen (secondary N) is 1. The molecular weight excluding hydrogens is 444 g/mol. The van der Waals surface area contributed by atoms with Gasteiger partial charge in [0.2, 0.25) is 0 Å². The van der Waals surface area contributed by atoms with Crippen molar-refractivity contribution in [3.05, 3.63) is 118 Å². The summed E-state index contributed by atoms with van der Waals surface area (Å²) in [4.78, 5) is 15.2. The van der Waals surface area contributed by atoms with E-state index >= 15 is 0 Å². The topological polar surface area (TPSA) is 37.3 Å². The van der Waals surface area contributed by atoms with Crippen LogP contribution in [0.4, 0.5) is 19.3 Å². The van der Waals surface area contributed by atoms with Crippen molar-refractivity contribution < 1.29 is 13.6 Å². The Morgan fingerprint density at radius 3 is 2.52 bits per heavy atom. The van der Waals surface area contributed by atoms with E-state index < -0.39 is 23.7 Å². The molecule has 4 aromatic rings. The Labute approximate surface area is 195 Å². The van der Waals surface area contributed by atoms with Gasteiger partial charge in [0.1, 0.15) is 11.6 Å². The average molecular weight is 464 g/mol. The molecule has 0 aliphatic carbocycles. The summed E-state index contributed by atoms with van der Waals surface area (Å²) in [6.45, 7) is 2.14. The molecule has 0 spiro atoms. The zero-order chi connectivity index (χ0) is 23.1. The van der Waals surface area contributed by atoms with Gasteiger partial charge in [0.15, 0.2) is 0 Å². The maximum atomic E-state index is 14.2. The lowest BCUT2D eigenvalue weighted by molar-refractivity contribution is 0.194. The molecule has 0 radical (unpaired) electrons. The van der Waals surface area contributed by atoms with Crippen LogP contribution < -0.4 is 5.32 Å². The molecule has 2 heterocycles. The molecule has 3 aromatic carbocycles. The molecular formula is C26H20ClF2N3O. The van der Waals surface area contributed by atoms with Crippen LogP contribution in [-0.4, -0.2) is 15.5 Å².